The van der Waals surface area contributed by atoms with Gasteiger partial charge in [0.25, 0.3) is 0 Å². The van der Waals surface area contributed by atoms with Crippen molar-refractivity contribution >= 4 is 33.0 Å². The average molecular weight is 325 g/mol. The van der Waals surface area contributed by atoms with Crippen LogP contribution < -0.4 is 4.74 Å². The van der Waals surface area contributed by atoms with Gasteiger partial charge < -0.3 is 4.74 Å². The molecular formula is C14H13BrO2S. The van der Waals surface area contributed by atoms with Gasteiger partial charge in [-0.25, -0.2) is 0 Å². The molecule has 2 rings (SSSR count). The van der Waals surface area contributed by atoms with E-state index in [0.717, 1.165) is 9.35 Å². The van der Waals surface area contributed by atoms with E-state index in [0.29, 0.717) is 23.5 Å². The van der Waals surface area contributed by atoms with Crippen molar-refractivity contribution in [1.29, 1.82) is 0 Å². The highest BCUT2D eigenvalue weighted by atomic mass is 79.9. The number of carbonyl (C=O) groups is 1. The van der Waals surface area contributed by atoms with Gasteiger partial charge in [0.1, 0.15) is 5.75 Å². The van der Waals surface area contributed by atoms with E-state index in [1.165, 1.54) is 11.3 Å². The monoisotopic (exact) mass is 324 g/mol. The number of thiophene rings is 1. The van der Waals surface area contributed by atoms with Gasteiger partial charge in [0.05, 0.1) is 16.0 Å². The van der Waals surface area contributed by atoms with Crippen LogP contribution in [-0.4, -0.2) is 12.4 Å². The Morgan fingerprint density at radius 2 is 2.17 bits per heavy atom. The second-order valence-corrected chi connectivity index (χ2v) is 6.19. The molecule has 2 nitrogen and oxygen atoms in total. The van der Waals surface area contributed by atoms with Gasteiger partial charge in [0.15, 0.2) is 5.78 Å². The number of aryl methyl sites for hydroxylation is 1. The highest BCUT2D eigenvalue weighted by molar-refractivity contribution is 9.11. The van der Waals surface area contributed by atoms with Gasteiger partial charge >= 0.3 is 0 Å². The smallest absolute Gasteiger partial charge is 0.197 e. The second kappa shape index (κ2) is 5.67. The molecule has 18 heavy (non-hydrogen) atoms. The zero-order valence-corrected chi connectivity index (χ0v) is 12.6. The highest BCUT2D eigenvalue weighted by Gasteiger charge is 2.16. The summed E-state index contributed by atoms with van der Waals surface area (Å²) in [5, 5.41) is 1.85. The molecule has 0 radical (unpaired) electrons. The van der Waals surface area contributed by atoms with Crippen molar-refractivity contribution < 1.29 is 9.53 Å². The number of hydrogen-bond acceptors (Lipinski definition) is 3. The normalized spacial score (nSPS) is 10.4. The number of ketones is 1. The minimum Gasteiger partial charge on any atom is -0.493 e. The Kier molecular flexibility index (Phi) is 4.19. The zero-order chi connectivity index (χ0) is 13.1. The van der Waals surface area contributed by atoms with E-state index in [9.17, 15) is 4.79 Å². The van der Waals surface area contributed by atoms with Crippen LogP contribution in [0, 0.1) is 6.92 Å². The van der Waals surface area contributed by atoms with Gasteiger partial charge in [-0.2, -0.15) is 0 Å². The van der Waals surface area contributed by atoms with Crippen LogP contribution in [0.15, 0.2) is 33.4 Å². The van der Waals surface area contributed by atoms with Crippen molar-refractivity contribution in [2.45, 2.75) is 13.8 Å². The molecule has 1 aromatic heterocycles. The minimum absolute atomic E-state index is 0.00380. The molecule has 0 fully saturated rings. The molecule has 1 heterocycles. The van der Waals surface area contributed by atoms with Gasteiger partial charge in [-0.15, -0.1) is 11.3 Å². The summed E-state index contributed by atoms with van der Waals surface area (Å²) in [5.74, 6) is 0.652. The summed E-state index contributed by atoms with van der Waals surface area (Å²) in [5.41, 5.74) is 2.37. The maximum atomic E-state index is 12.4. The molecule has 0 aliphatic rings. The molecule has 4 heteroatoms. The third kappa shape index (κ3) is 2.82. The van der Waals surface area contributed by atoms with Crippen LogP contribution in [0.25, 0.3) is 0 Å². The Morgan fingerprint density at radius 1 is 1.39 bits per heavy atom. The van der Waals surface area contributed by atoms with E-state index >= 15 is 0 Å². The van der Waals surface area contributed by atoms with E-state index < -0.39 is 0 Å². The summed E-state index contributed by atoms with van der Waals surface area (Å²) in [6, 6.07) is 7.52. The summed E-state index contributed by atoms with van der Waals surface area (Å²) >= 11 is 4.88. The van der Waals surface area contributed by atoms with E-state index in [-0.39, 0.29) is 5.78 Å². The van der Waals surface area contributed by atoms with Crippen molar-refractivity contribution in [1.82, 2.24) is 0 Å². The summed E-state index contributed by atoms with van der Waals surface area (Å²) in [6.07, 6.45) is 0. The van der Waals surface area contributed by atoms with Crippen molar-refractivity contribution in [3.63, 3.8) is 0 Å². The van der Waals surface area contributed by atoms with Crippen LogP contribution in [-0.2, 0) is 0 Å². The Hall–Kier alpha value is -1.13. The molecule has 0 saturated carbocycles. The fourth-order valence-corrected chi connectivity index (χ4v) is 2.82. The van der Waals surface area contributed by atoms with Crippen LogP contribution in [0.3, 0.4) is 0 Å². The van der Waals surface area contributed by atoms with Gasteiger partial charge in [0, 0.05) is 10.9 Å². The number of ether oxygens (including phenoxy) is 1. The molecule has 1 aromatic carbocycles. The first-order valence-corrected chi connectivity index (χ1v) is 7.31. The van der Waals surface area contributed by atoms with E-state index in [1.54, 1.807) is 0 Å². The van der Waals surface area contributed by atoms with Gasteiger partial charge in [-0.05, 0) is 48.0 Å². The van der Waals surface area contributed by atoms with E-state index in [2.05, 4.69) is 15.9 Å². The first-order valence-electron chi connectivity index (χ1n) is 5.64. The lowest BCUT2D eigenvalue weighted by atomic mass is 10.0. The average Bonchev–Trinajstić information content (AvgIpc) is 2.77. The predicted molar refractivity (Wildman–Crippen MR) is 77.8 cm³/mol. The predicted octanol–water partition coefficient (Wildman–Crippen LogP) is 4.45. The van der Waals surface area contributed by atoms with Crippen molar-refractivity contribution in [3.8, 4) is 5.75 Å². The van der Waals surface area contributed by atoms with Crippen LogP contribution >= 0.6 is 27.3 Å². The van der Waals surface area contributed by atoms with Crippen LogP contribution in [0.4, 0.5) is 0 Å². The maximum absolute atomic E-state index is 12.4. The standard InChI is InChI=1S/C14H13BrO2S/c1-3-17-12-5-4-9(2)6-11(12)14(16)10-7-13(15)18-8-10/h4-8H,3H2,1-2H3. The van der Waals surface area contributed by atoms with E-state index in [4.69, 9.17) is 4.74 Å². The highest BCUT2D eigenvalue weighted by Crippen LogP contribution is 2.27. The minimum atomic E-state index is 0.00380. The first kappa shape index (κ1) is 13.3. The summed E-state index contributed by atoms with van der Waals surface area (Å²) in [6.45, 7) is 4.43. The quantitative estimate of drug-likeness (QED) is 0.777. The molecule has 0 atom stereocenters. The fourth-order valence-electron chi connectivity index (χ4n) is 1.69. The first-order chi connectivity index (χ1) is 8.61. The molecule has 0 unspecified atom stereocenters. The van der Waals surface area contributed by atoms with Crippen LogP contribution in [0.2, 0.25) is 0 Å². The Balaban J connectivity index is 2.42. The molecule has 0 spiro atoms. The summed E-state index contributed by atoms with van der Waals surface area (Å²) in [4.78, 5) is 12.4. The molecule has 2 aromatic rings. The van der Waals surface area contributed by atoms with E-state index in [1.807, 2.05) is 43.5 Å². The molecule has 0 aliphatic heterocycles. The van der Waals surface area contributed by atoms with Crippen molar-refractivity contribution in [2.75, 3.05) is 6.61 Å². The Bertz CT molecular complexity index is 575. The summed E-state index contributed by atoms with van der Waals surface area (Å²) in [7, 11) is 0. The summed E-state index contributed by atoms with van der Waals surface area (Å²) < 4.78 is 6.47. The number of rotatable bonds is 4. The molecule has 0 saturated heterocycles. The number of halogens is 1. The topological polar surface area (TPSA) is 26.3 Å². The van der Waals surface area contributed by atoms with Crippen LogP contribution in [0.5, 0.6) is 5.75 Å². The molecular weight excluding hydrogens is 312 g/mol. The van der Waals surface area contributed by atoms with Crippen molar-refractivity contribution in [3.05, 3.63) is 50.1 Å². The lowest BCUT2D eigenvalue weighted by Gasteiger charge is -2.09. The lowest BCUT2D eigenvalue weighted by molar-refractivity contribution is 0.103. The van der Waals surface area contributed by atoms with Gasteiger partial charge in [-0.1, -0.05) is 11.6 Å². The van der Waals surface area contributed by atoms with Crippen LogP contribution in [0.1, 0.15) is 28.4 Å². The largest absolute Gasteiger partial charge is 0.493 e. The number of hydrogen-bond donors (Lipinski definition) is 0. The molecule has 0 amide bonds. The molecule has 0 aliphatic carbocycles. The Morgan fingerprint density at radius 3 is 2.78 bits per heavy atom. The number of carbonyl (C=O) groups excluding carboxylic acids is 1. The number of benzene rings is 1. The van der Waals surface area contributed by atoms with Gasteiger partial charge in [-0.3, -0.25) is 4.79 Å². The molecule has 94 valence electrons. The van der Waals surface area contributed by atoms with Gasteiger partial charge in [0.2, 0.25) is 0 Å². The third-order valence-corrected chi connectivity index (χ3v) is 4.01. The zero-order valence-electron chi connectivity index (χ0n) is 10.2. The lowest BCUT2D eigenvalue weighted by Crippen LogP contribution is -2.05. The third-order valence-electron chi connectivity index (χ3n) is 2.51. The Labute approximate surface area is 119 Å². The second-order valence-electron chi connectivity index (χ2n) is 3.90. The maximum Gasteiger partial charge on any atom is 0.197 e. The fraction of sp³-hybridized carbons (Fsp3) is 0.214. The molecule has 0 N–H and O–H groups in total. The SMILES string of the molecule is CCOc1ccc(C)cc1C(=O)c1csc(Br)c1. The molecule has 0 bridgehead atoms. The van der Waals surface area contributed by atoms with Crippen molar-refractivity contribution in [2.24, 2.45) is 0 Å².